The van der Waals surface area contributed by atoms with Gasteiger partial charge in [-0.1, -0.05) is 12.1 Å². The summed E-state index contributed by atoms with van der Waals surface area (Å²) in [7, 11) is 1.95. The van der Waals surface area contributed by atoms with Crippen LogP contribution in [0.4, 0.5) is 4.39 Å². The maximum atomic E-state index is 13.3. The fourth-order valence-corrected chi connectivity index (χ4v) is 2.63. The van der Waals surface area contributed by atoms with Crippen molar-refractivity contribution in [3.8, 4) is 0 Å². The Morgan fingerprint density at radius 1 is 1.41 bits per heavy atom. The number of hydrogen-bond donors (Lipinski definition) is 1. The minimum Gasteiger partial charge on any atom is -0.381 e. The van der Waals surface area contributed by atoms with Crippen LogP contribution in [-0.4, -0.2) is 26.8 Å². The third kappa shape index (κ3) is 3.27. The zero-order valence-electron chi connectivity index (χ0n) is 10.3. The number of benzene rings is 1. The summed E-state index contributed by atoms with van der Waals surface area (Å²) >= 11 is 0. The standard InChI is InChI=1S/C14H20FNO/c1-16-10-14(11-5-7-17-8-6-11)12-3-2-4-13(15)9-12/h2-4,9,11,14,16H,5-8,10H2,1H3. The summed E-state index contributed by atoms with van der Waals surface area (Å²) in [5.41, 5.74) is 1.10. The normalized spacial score (nSPS) is 19.2. The third-order valence-electron chi connectivity index (χ3n) is 3.54. The second-order valence-electron chi connectivity index (χ2n) is 4.67. The molecule has 0 amide bonds. The number of hydrogen-bond acceptors (Lipinski definition) is 2. The molecule has 94 valence electrons. The van der Waals surface area contributed by atoms with Crippen molar-refractivity contribution in [3.05, 3.63) is 35.6 Å². The average Bonchev–Trinajstić information content (AvgIpc) is 2.37. The Morgan fingerprint density at radius 3 is 2.82 bits per heavy atom. The molecule has 0 aromatic heterocycles. The van der Waals surface area contributed by atoms with Crippen LogP contribution in [0.2, 0.25) is 0 Å². The maximum Gasteiger partial charge on any atom is 0.123 e. The van der Waals surface area contributed by atoms with Crippen LogP contribution in [0.3, 0.4) is 0 Å². The summed E-state index contributed by atoms with van der Waals surface area (Å²) < 4.78 is 18.7. The lowest BCUT2D eigenvalue weighted by molar-refractivity contribution is 0.0578. The molecule has 2 nitrogen and oxygen atoms in total. The third-order valence-corrected chi connectivity index (χ3v) is 3.54. The van der Waals surface area contributed by atoms with Crippen LogP contribution >= 0.6 is 0 Å². The van der Waals surface area contributed by atoms with Crippen molar-refractivity contribution >= 4 is 0 Å². The van der Waals surface area contributed by atoms with E-state index in [1.807, 2.05) is 13.1 Å². The van der Waals surface area contributed by atoms with Gasteiger partial charge in [-0.05, 0) is 49.4 Å². The van der Waals surface area contributed by atoms with E-state index >= 15 is 0 Å². The number of ether oxygens (including phenoxy) is 1. The lowest BCUT2D eigenvalue weighted by Crippen LogP contribution is -2.28. The minimum absolute atomic E-state index is 0.143. The monoisotopic (exact) mass is 237 g/mol. The number of rotatable bonds is 4. The van der Waals surface area contributed by atoms with E-state index in [4.69, 9.17) is 4.74 Å². The maximum absolute atomic E-state index is 13.3. The van der Waals surface area contributed by atoms with Crippen molar-refractivity contribution in [1.82, 2.24) is 5.32 Å². The lowest BCUT2D eigenvalue weighted by Gasteiger charge is -2.30. The molecule has 1 saturated heterocycles. The molecule has 1 aliphatic heterocycles. The predicted octanol–water partition coefficient (Wildman–Crippen LogP) is 2.56. The van der Waals surface area contributed by atoms with Gasteiger partial charge in [0.15, 0.2) is 0 Å². The first-order valence-electron chi connectivity index (χ1n) is 6.29. The molecule has 0 radical (unpaired) electrons. The Balaban J connectivity index is 2.15. The molecule has 17 heavy (non-hydrogen) atoms. The van der Waals surface area contributed by atoms with E-state index in [0.717, 1.165) is 38.2 Å². The summed E-state index contributed by atoms with van der Waals surface area (Å²) in [5.74, 6) is 0.841. The Hall–Kier alpha value is -0.930. The minimum atomic E-state index is -0.143. The fourth-order valence-electron chi connectivity index (χ4n) is 2.63. The molecule has 1 aliphatic rings. The molecule has 0 saturated carbocycles. The van der Waals surface area contributed by atoms with Crippen molar-refractivity contribution in [2.24, 2.45) is 5.92 Å². The van der Waals surface area contributed by atoms with E-state index in [1.54, 1.807) is 12.1 Å². The lowest BCUT2D eigenvalue weighted by atomic mass is 9.81. The second kappa shape index (κ2) is 6.12. The quantitative estimate of drug-likeness (QED) is 0.869. The molecule has 1 aromatic rings. The first-order chi connectivity index (χ1) is 8.31. The average molecular weight is 237 g/mol. The van der Waals surface area contributed by atoms with Gasteiger partial charge in [0.1, 0.15) is 5.82 Å². The van der Waals surface area contributed by atoms with Crippen LogP contribution in [-0.2, 0) is 4.74 Å². The molecular formula is C14H20FNO. The molecule has 0 spiro atoms. The molecule has 1 unspecified atom stereocenters. The summed E-state index contributed by atoms with van der Waals surface area (Å²) in [6.45, 7) is 2.56. The van der Waals surface area contributed by atoms with Gasteiger partial charge < -0.3 is 10.1 Å². The molecule has 1 heterocycles. The van der Waals surface area contributed by atoms with E-state index in [2.05, 4.69) is 5.32 Å². The van der Waals surface area contributed by atoms with Crippen LogP contribution in [0, 0.1) is 11.7 Å². The molecule has 1 atom stereocenters. The Bertz CT molecular complexity index is 350. The summed E-state index contributed by atoms with van der Waals surface area (Å²) in [4.78, 5) is 0. The Kier molecular flexibility index (Phi) is 4.51. The van der Waals surface area contributed by atoms with Crippen molar-refractivity contribution < 1.29 is 9.13 Å². The highest BCUT2D eigenvalue weighted by Crippen LogP contribution is 2.31. The van der Waals surface area contributed by atoms with Gasteiger partial charge in [0.05, 0.1) is 0 Å². The molecular weight excluding hydrogens is 217 g/mol. The van der Waals surface area contributed by atoms with Crippen LogP contribution in [0.25, 0.3) is 0 Å². The van der Waals surface area contributed by atoms with E-state index < -0.39 is 0 Å². The van der Waals surface area contributed by atoms with Gasteiger partial charge in [0.2, 0.25) is 0 Å². The highest BCUT2D eigenvalue weighted by Gasteiger charge is 2.25. The second-order valence-corrected chi connectivity index (χ2v) is 4.67. The van der Waals surface area contributed by atoms with Crippen LogP contribution < -0.4 is 5.32 Å². The van der Waals surface area contributed by atoms with Crippen molar-refractivity contribution in [2.75, 3.05) is 26.8 Å². The highest BCUT2D eigenvalue weighted by atomic mass is 19.1. The van der Waals surface area contributed by atoms with E-state index in [1.165, 1.54) is 6.07 Å². The van der Waals surface area contributed by atoms with E-state index in [9.17, 15) is 4.39 Å². The zero-order chi connectivity index (χ0) is 12.1. The Morgan fingerprint density at radius 2 is 2.18 bits per heavy atom. The van der Waals surface area contributed by atoms with Crippen molar-refractivity contribution in [1.29, 1.82) is 0 Å². The summed E-state index contributed by atoms with van der Waals surface area (Å²) in [5, 5.41) is 3.22. The first kappa shape index (κ1) is 12.5. The van der Waals surface area contributed by atoms with E-state index in [0.29, 0.717) is 11.8 Å². The van der Waals surface area contributed by atoms with Crippen molar-refractivity contribution in [2.45, 2.75) is 18.8 Å². The van der Waals surface area contributed by atoms with E-state index in [-0.39, 0.29) is 5.82 Å². The summed E-state index contributed by atoms with van der Waals surface area (Å²) in [6.07, 6.45) is 2.14. The number of likely N-dealkylation sites (N-methyl/N-ethyl adjacent to an activating group) is 1. The van der Waals surface area contributed by atoms with Gasteiger partial charge in [-0.2, -0.15) is 0 Å². The van der Waals surface area contributed by atoms with Gasteiger partial charge in [-0.25, -0.2) is 4.39 Å². The highest BCUT2D eigenvalue weighted by molar-refractivity contribution is 5.22. The van der Waals surface area contributed by atoms with Crippen molar-refractivity contribution in [3.63, 3.8) is 0 Å². The Labute approximate surface area is 102 Å². The molecule has 1 aromatic carbocycles. The smallest absolute Gasteiger partial charge is 0.123 e. The SMILES string of the molecule is CNCC(c1cccc(F)c1)C1CCOCC1. The van der Waals surface area contributed by atoms with Gasteiger partial charge in [-0.3, -0.25) is 0 Å². The van der Waals surface area contributed by atoms with Gasteiger partial charge in [-0.15, -0.1) is 0 Å². The van der Waals surface area contributed by atoms with Gasteiger partial charge in [0.25, 0.3) is 0 Å². The first-order valence-corrected chi connectivity index (χ1v) is 6.29. The number of nitrogens with one attached hydrogen (secondary N) is 1. The zero-order valence-corrected chi connectivity index (χ0v) is 10.3. The van der Waals surface area contributed by atoms with Crippen LogP contribution in [0.5, 0.6) is 0 Å². The van der Waals surface area contributed by atoms with Crippen LogP contribution in [0.15, 0.2) is 24.3 Å². The molecule has 0 aliphatic carbocycles. The van der Waals surface area contributed by atoms with Gasteiger partial charge >= 0.3 is 0 Å². The van der Waals surface area contributed by atoms with Gasteiger partial charge in [0, 0.05) is 19.8 Å². The summed E-state index contributed by atoms with van der Waals surface area (Å²) in [6, 6.07) is 6.99. The molecule has 0 bridgehead atoms. The molecule has 3 heteroatoms. The fraction of sp³-hybridized carbons (Fsp3) is 0.571. The predicted molar refractivity (Wildman–Crippen MR) is 66.6 cm³/mol. The largest absolute Gasteiger partial charge is 0.381 e. The molecule has 2 rings (SSSR count). The van der Waals surface area contributed by atoms with Crippen LogP contribution in [0.1, 0.15) is 24.3 Å². The number of halogens is 1. The molecule has 1 N–H and O–H groups in total. The molecule has 1 fully saturated rings. The topological polar surface area (TPSA) is 21.3 Å².